The summed E-state index contributed by atoms with van der Waals surface area (Å²) in [6.07, 6.45) is 3.59. The largest absolute Gasteiger partial charge is 0.355 e. The van der Waals surface area contributed by atoms with Crippen LogP contribution < -0.4 is 10.2 Å². The molecule has 1 heterocycles. The zero-order chi connectivity index (χ0) is 15.9. The van der Waals surface area contributed by atoms with Crippen LogP contribution in [-0.4, -0.2) is 28.3 Å². The van der Waals surface area contributed by atoms with Crippen molar-refractivity contribution in [2.24, 2.45) is 0 Å². The van der Waals surface area contributed by atoms with Crippen LogP contribution in [0.3, 0.4) is 0 Å². The van der Waals surface area contributed by atoms with E-state index < -0.39 is 11.6 Å². The first-order valence-corrected chi connectivity index (χ1v) is 7.30. The van der Waals surface area contributed by atoms with Crippen molar-refractivity contribution >= 4 is 17.5 Å². The molecule has 0 aliphatic heterocycles. The van der Waals surface area contributed by atoms with Gasteiger partial charge in [0.15, 0.2) is 17.5 Å². The lowest BCUT2D eigenvalue weighted by atomic mass is 10.3. The Morgan fingerprint density at radius 2 is 1.82 bits per heavy atom. The quantitative estimate of drug-likeness (QED) is 0.848. The summed E-state index contributed by atoms with van der Waals surface area (Å²) >= 11 is 0. The highest BCUT2D eigenvalue weighted by Crippen LogP contribution is 2.18. The van der Waals surface area contributed by atoms with Crippen molar-refractivity contribution in [2.45, 2.75) is 26.7 Å². The maximum Gasteiger partial charge on any atom is 0.249 e. The predicted molar refractivity (Wildman–Crippen MR) is 82.3 cm³/mol. The molecule has 0 fully saturated rings. The maximum absolute atomic E-state index is 13.2. The van der Waals surface area contributed by atoms with E-state index in [0.717, 1.165) is 38.1 Å². The van der Waals surface area contributed by atoms with Crippen LogP contribution in [0.4, 0.5) is 26.2 Å². The lowest BCUT2D eigenvalue weighted by Gasteiger charge is -2.22. The molecular weight excluding hydrogens is 288 g/mol. The Morgan fingerprint density at radius 3 is 2.45 bits per heavy atom. The monoisotopic (exact) mass is 307 g/mol. The van der Waals surface area contributed by atoms with Crippen LogP contribution in [0, 0.1) is 11.6 Å². The van der Waals surface area contributed by atoms with Crippen LogP contribution in [0.5, 0.6) is 0 Å². The smallest absolute Gasteiger partial charge is 0.249 e. The Bertz CT molecular complexity index is 615. The Labute approximate surface area is 128 Å². The molecule has 0 aliphatic carbocycles. The molecule has 1 aromatic heterocycles. The number of anilines is 3. The van der Waals surface area contributed by atoms with Gasteiger partial charge in [-0.15, -0.1) is 5.10 Å². The number of rotatable bonds is 7. The highest BCUT2D eigenvalue weighted by atomic mass is 19.2. The minimum atomic E-state index is -0.923. The number of hydrogen-bond acceptors (Lipinski definition) is 5. The van der Waals surface area contributed by atoms with Crippen LogP contribution in [-0.2, 0) is 0 Å². The zero-order valence-corrected chi connectivity index (χ0v) is 12.7. The maximum atomic E-state index is 13.2. The van der Waals surface area contributed by atoms with Crippen molar-refractivity contribution in [3.8, 4) is 0 Å². The lowest BCUT2D eigenvalue weighted by Crippen LogP contribution is -2.26. The zero-order valence-electron chi connectivity index (χ0n) is 12.7. The van der Waals surface area contributed by atoms with Gasteiger partial charge < -0.3 is 10.2 Å². The van der Waals surface area contributed by atoms with Crippen molar-refractivity contribution in [1.82, 2.24) is 15.2 Å². The third kappa shape index (κ3) is 4.09. The summed E-state index contributed by atoms with van der Waals surface area (Å²) in [5.41, 5.74) is 0.371. The highest BCUT2D eigenvalue weighted by molar-refractivity contribution is 5.54. The molecular formula is C15H19F2N5. The van der Waals surface area contributed by atoms with Gasteiger partial charge in [-0.25, -0.2) is 8.78 Å². The molecule has 2 rings (SSSR count). The number of aromatic nitrogens is 3. The van der Waals surface area contributed by atoms with E-state index in [1.165, 1.54) is 6.07 Å². The predicted octanol–water partition coefficient (Wildman–Crippen LogP) is 3.52. The topological polar surface area (TPSA) is 53.9 Å². The van der Waals surface area contributed by atoms with Crippen molar-refractivity contribution in [3.05, 3.63) is 36.0 Å². The van der Waals surface area contributed by atoms with E-state index in [9.17, 15) is 8.78 Å². The normalized spacial score (nSPS) is 10.5. The van der Waals surface area contributed by atoms with E-state index in [0.29, 0.717) is 11.5 Å². The first-order valence-electron chi connectivity index (χ1n) is 7.30. The van der Waals surface area contributed by atoms with Gasteiger partial charge in [-0.2, -0.15) is 10.1 Å². The minimum absolute atomic E-state index is 0.251. The second-order valence-electron chi connectivity index (χ2n) is 4.88. The average molecular weight is 307 g/mol. The summed E-state index contributed by atoms with van der Waals surface area (Å²) in [4.78, 5) is 6.50. The fourth-order valence-corrected chi connectivity index (χ4v) is 2.08. The summed E-state index contributed by atoms with van der Waals surface area (Å²) < 4.78 is 26.1. The summed E-state index contributed by atoms with van der Waals surface area (Å²) in [6.45, 7) is 5.93. The summed E-state index contributed by atoms with van der Waals surface area (Å²) in [5.74, 6) is -0.854. The second kappa shape index (κ2) is 7.63. The van der Waals surface area contributed by atoms with Crippen LogP contribution in [0.1, 0.15) is 26.7 Å². The molecule has 7 heteroatoms. The van der Waals surface area contributed by atoms with Crippen molar-refractivity contribution in [3.63, 3.8) is 0 Å². The molecule has 1 N–H and O–H groups in total. The highest BCUT2D eigenvalue weighted by Gasteiger charge is 2.09. The van der Waals surface area contributed by atoms with Gasteiger partial charge in [0.1, 0.15) is 0 Å². The summed E-state index contributed by atoms with van der Waals surface area (Å²) in [5, 5.41) is 10.6. The van der Waals surface area contributed by atoms with Crippen LogP contribution in [0.25, 0.3) is 0 Å². The first kappa shape index (κ1) is 16.1. The number of nitrogens with one attached hydrogen (secondary N) is 1. The van der Waals surface area contributed by atoms with Gasteiger partial charge in [-0.1, -0.05) is 13.8 Å². The van der Waals surface area contributed by atoms with Gasteiger partial charge in [0.2, 0.25) is 5.95 Å². The molecule has 0 atom stereocenters. The first-order chi connectivity index (χ1) is 10.6. The van der Waals surface area contributed by atoms with Gasteiger partial charge >= 0.3 is 0 Å². The van der Waals surface area contributed by atoms with E-state index in [2.05, 4.69) is 39.2 Å². The van der Waals surface area contributed by atoms with Crippen molar-refractivity contribution < 1.29 is 8.78 Å². The van der Waals surface area contributed by atoms with E-state index in [1.807, 2.05) is 0 Å². The number of benzene rings is 1. The molecule has 0 spiro atoms. The van der Waals surface area contributed by atoms with E-state index >= 15 is 0 Å². The fraction of sp³-hybridized carbons (Fsp3) is 0.400. The fourth-order valence-electron chi connectivity index (χ4n) is 2.08. The van der Waals surface area contributed by atoms with E-state index in [4.69, 9.17) is 0 Å². The number of hydrogen-bond donors (Lipinski definition) is 1. The molecule has 22 heavy (non-hydrogen) atoms. The van der Waals surface area contributed by atoms with Crippen molar-refractivity contribution in [1.29, 1.82) is 0 Å². The lowest BCUT2D eigenvalue weighted by molar-refractivity contribution is 0.509. The molecule has 118 valence electrons. The van der Waals surface area contributed by atoms with E-state index in [-0.39, 0.29) is 5.95 Å². The molecule has 2 aromatic rings. The van der Waals surface area contributed by atoms with Crippen LogP contribution in [0.2, 0.25) is 0 Å². The third-order valence-corrected chi connectivity index (χ3v) is 3.03. The summed E-state index contributed by atoms with van der Waals surface area (Å²) in [7, 11) is 0. The van der Waals surface area contributed by atoms with Crippen LogP contribution >= 0.6 is 0 Å². The van der Waals surface area contributed by atoms with Gasteiger partial charge in [0, 0.05) is 24.8 Å². The standard InChI is InChI=1S/C15H19F2N5/c1-3-7-22(8-4-2)14-10-18-21-15(20-14)19-11-5-6-12(16)13(17)9-11/h5-6,9-10H,3-4,7-8H2,1-2H3,(H,19,20,21). The number of nitrogens with zero attached hydrogens (tertiary/aromatic N) is 4. The second-order valence-corrected chi connectivity index (χ2v) is 4.88. The van der Waals surface area contributed by atoms with Gasteiger partial charge in [0.05, 0.1) is 6.20 Å². The molecule has 0 radical (unpaired) electrons. The molecule has 5 nitrogen and oxygen atoms in total. The molecule has 0 amide bonds. The van der Waals surface area contributed by atoms with Gasteiger partial charge in [0.25, 0.3) is 0 Å². The Balaban J connectivity index is 2.18. The van der Waals surface area contributed by atoms with Gasteiger partial charge in [-0.3, -0.25) is 0 Å². The Hall–Kier alpha value is -2.31. The third-order valence-electron chi connectivity index (χ3n) is 3.03. The average Bonchev–Trinajstić information content (AvgIpc) is 2.51. The van der Waals surface area contributed by atoms with Crippen LogP contribution in [0.15, 0.2) is 24.4 Å². The molecule has 0 unspecified atom stereocenters. The minimum Gasteiger partial charge on any atom is -0.355 e. The summed E-state index contributed by atoms with van der Waals surface area (Å²) in [6, 6.07) is 3.53. The Morgan fingerprint density at radius 1 is 1.09 bits per heavy atom. The molecule has 0 saturated carbocycles. The van der Waals surface area contributed by atoms with E-state index in [1.54, 1.807) is 6.20 Å². The SMILES string of the molecule is CCCN(CCC)c1cnnc(Nc2ccc(F)c(F)c2)n1. The Kier molecular flexibility index (Phi) is 5.57. The van der Waals surface area contributed by atoms with Gasteiger partial charge in [-0.05, 0) is 25.0 Å². The molecule has 0 saturated heterocycles. The number of halogens is 2. The molecule has 0 aliphatic rings. The van der Waals surface area contributed by atoms with Crippen molar-refractivity contribution in [2.75, 3.05) is 23.3 Å². The molecule has 1 aromatic carbocycles. The molecule has 0 bridgehead atoms.